The molecular formula is C43H68N8O6S. The lowest BCUT2D eigenvalue weighted by Crippen LogP contribution is -2.61. The second kappa shape index (κ2) is 20.7. The summed E-state index contributed by atoms with van der Waals surface area (Å²) in [6.45, 7) is 20.8. The molecule has 2 fully saturated rings. The summed E-state index contributed by atoms with van der Waals surface area (Å²) in [5.41, 5.74) is 1.73. The van der Waals surface area contributed by atoms with Crippen LogP contribution in [0, 0.1) is 29.6 Å². The number of amides is 6. The first-order chi connectivity index (χ1) is 27.3. The van der Waals surface area contributed by atoms with Crippen LogP contribution in [0.1, 0.15) is 101 Å². The van der Waals surface area contributed by atoms with Gasteiger partial charge in [-0.15, -0.1) is 11.8 Å². The first kappa shape index (κ1) is 46.6. The first-order valence-corrected chi connectivity index (χ1v) is 22.1. The van der Waals surface area contributed by atoms with Crippen LogP contribution in [0.3, 0.4) is 0 Å². The minimum atomic E-state index is -1.04. The van der Waals surface area contributed by atoms with Crippen molar-refractivity contribution in [3.05, 3.63) is 36.0 Å². The molecule has 2 aliphatic heterocycles. The smallest absolute Gasteiger partial charge is 0.243 e. The molecule has 322 valence electrons. The molecule has 0 saturated carbocycles. The van der Waals surface area contributed by atoms with Gasteiger partial charge in [0.15, 0.2) is 0 Å². The molecule has 8 N–H and O–H groups in total. The van der Waals surface area contributed by atoms with Crippen LogP contribution in [0.5, 0.6) is 0 Å². The van der Waals surface area contributed by atoms with Gasteiger partial charge in [-0.25, -0.2) is 0 Å². The number of carbonyl (C=O) groups is 6. The second-order valence-electron chi connectivity index (χ2n) is 17.8. The van der Waals surface area contributed by atoms with E-state index in [0.717, 1.165) is 29.3 Å². The number of aromatic amines is 1. The van der Waals surface area contributed by atoms with Gasteiger partial charge in [0.05, 0.1) is 17.5 Å². The van der Waals surface area contributed by atoms with Crippen molar-refractivity contribution < 1.29 is 28.8 Å². The number of rotatable bonds is 10. The van der Waals surface area contributed by atoms with Crippen molar-refractivity contribution in [3.8, 4) is 0 Å². The minimum absolute atomic E-state index is 0.0127. The van der Waals surface area contributed by atoms with E-state index in [1.54, 1.807) is 25.6 Å². The van der Waals surface area contributed by atoms with E-state index in [9.17, 15) is 28.8 Å². The maximum Gasteiger partial charge on any atom is 0.243 e. The van der Waals surface area contributed by atoms with Gasteiger partial charge in [-0.05, 0) is 54.1 Å². The molecule has 3 heterocycles. The van der Waals surface area contributed by atoms with E-state index in [2.05, 4.69) is 49.1 Å². The Labute approximate surface area is 348 Å². The zero-order valence-electron chi connectivity index (χ0n) is 36.2. The minimum Gasteiger partial charge on any atom is -0.361 e. The van der Waals surface area contributed by atoms with Crippen molar-refractivity contribution in [2.75, 3.05) is 0 Å². The van der Waals surface area contributed by atoms with Gasteiger partial charge in [-0.3, -0.25) is 34.1 Å². The number of H-pyrrole nitrogens is 1. The lowest BCUT2D eigenvalue weighted by atomic mass is 9.97. The zero-order chi connectivity index (χ0) is 43.0. The molecule has 0 spiro atoms. The van der Waals surface area contributed by atoms with Gasteiger partial charge < -0.3 is 36.9 Å². The molecule has 2 bridgehead atoms. The molecule has 9 atom stereocenters. The summed E-state index contributed by atoms with van der Waals surface area (Å²) in [6.07, 6.45) is 3.81. The number of thioether (sulfide) groups is 1. The Morgan fingerprint density at radius 3 is 1.67 bits per heavy atom. The third-order valence-corrected chi connectivity index (χ3v) is 12.6. The lowest BCUT2D eigenvalue weighted by molar-refractivity contribution is -0.136. The van der Waals surface area contributed by atoms with Gasteiger partial charge in [-0.1, -0.05) is 101 Å². The van der Waals surface area contributed by atoms with Crippen molar-refractivity contribution in [2.45, 2.75) is 155 Å². The van der Waals surface area contributed by atoms with Gasteiger partial charge in [0, 0.05) is 28.8 Å². The van der Waals surface area contributed by atoms with Crippen LogP contribution in [0.25, 0.3) is 10.9 Å². The van der Waals surface area contributed by atoms with E-state index in [1.807, 2.05) is 85.9 Å². The van der Waals surface area contributed by atoms with E-state index >= 15 is 0 Å². The van der Waals surface area contributed by atoms with Crippen molar-refractivity contribution >= 4 is 58.1 Å². The Kier molecular flexibility index (Phi) is 16.6. The number of aromatic nitrogens is 1. The molecule has 2 saturated heterocycles. The standard InChI is InChI=1S/C43H68N8O6S/c1-12-15-31-36-42(57)49-34(24(8)9)41(56)48-33(23(6)7)40(55)45-29(18-21(2)3)37(52)47-32(22(4)5)39(54)46-30(19-26-20-44-28-17-14-13-16-27(26)28)38(53)50-35(25(10)11)43(51-36)58-31/h13-14,16-17,20-25,29-36,43-44,51H,12,15,18-19H2,1-11H3,(H,45,55)(H,46,54)(H,47,52)(H,48,56)(H,49,57)(H,50,53)/t29-,30-,31?,32+,33+,34-,35+,36+,43?/m1/s1. The Balaban J connectivity index is 1.80. The molecular weight excluding hydrogens is 757 g/mol. The SMILES string of the molecule is CCCC1SC2N[C@@H]1C(=O)N[C@H](C(C)C)C(=O)N[C@@H](C(C)C)C(=O)N[C@H](CC(C)C)C(=O)N[C@@H](C(C)C)C(=O)N[C@H](Cc1c[nH]c3ccccc13)C(=O)N[C@H]2C(C)C. The van der Waals surface area contributed by atoms with Gasteiger partial charge in [0.1, 0.15) is 30.2 Å². The number of benzene rings is 1. The number of para-hydroxylation sites is 1. The highest BCUT2D eigenvalue weighted by molar-refractivity contribution is 8.00. The molecule has 0 aliphatic carbocycles. The van der Waals surface area contributed by atoms with Crippen molar-refractivity contribution in [2.24, 2.45) is 29.6 Å². The van der Waals surface area contributed by atoms with E-state index in [4.69, 9.17) is 0 Å². The highest BCUT2D eigenvalue weighted by Crippen LogP contribution is 2.35. The molecule has 1 aromatic carbocycles. The van der Waals surface area contributed by atoms with Crippen LogP contribution in [-0.2, 0) is 35.2 Å². The highest BCUT2D eigenvalue weighted by Gasteiger charge is 2.45. The lowest BCUT2D eigenvalue weighted by Gasteiger charge is -2.31. The quantitative estimate of drug-likeness (QED) is 0.178. The van der Waals surface area contributed by atoms with Crippen LogP contribution in [-0.4, -0.2) is 93.3 Å². The molecule has 4 rings (SSSR count). The predicted molar refractivity (Wildman–Crippen MR) is 229 cm³/mol. The largest absolute Gasteiger partial charge is 0.361 e. The number of hydrogen-bond acceptors (Lipinski definition) is 8. The van der Waals surface area contributed by atoms with E-state index < -0.39 is 71.8 Å². The Bertz CT molecular complexity index is 1760. The number of fused-ring (bicyclic) bond motifs is 3. The summed E-state index contributed by atoms with van der Waals surface area (Å²) in [5, 5.41) is 21.8. The van der Waals surface area contributed by atoms with E-state index in [-0.39, 0.29) is 59.0 Å². The molecule has 58 heavy (non-hydrogen) atoms. The Morgan fingerprint density at radius 2 is 1.12 bits per heavy atom. The average Bonchev–Trinajstić information content (AvgIpc) is 3.76. The molecule has 2 aliphatic rings. The molecule has 6 amide bonds. The molecule has 15 heteroatoms. The van der Waals surface area contributed by atoms with Crippen LogP contribution in [0.15, 0.2) is 30.5 Å². The summed E-state index contributed by atoms with van der Waals surface area (Å²) >= 11 is 1.59. The maximum atomic E-state index is 14.6. The normalized spacial score (nSPS) is 28.7. The second-order valence-corrected chi connectivity index (χ2v) is 19.2. The maximum absolute atomic E-state index is 14.6. The first-order valence-electron chi connectivity index (χ1n) is 21.1. The van der Waals surface area contributed by atoms with Crippen LogP contribution < -0.4 is 37.2 Å². The van der Waals surface area contributed by atoms with Crippen molar-refractivity contribution in [1.29, 1.82) is 0 Å². The number of carbonyl (C=O) groups excluding carboxylic acids is 6. The van der Waals surface area contributed by atoms with Crippen molar-refractivity contribution in [3.63, 3.8) is 0 Å². The molecule has 2 unspecified atom stereocenters. The van der Waals surface area contributed by atoms with E-state index in [0.29, 0.717) is 0 Å². The monoisotopic (exact) mass is 824 g/mol. The van der Waals surface area contributed by atoms with Gasteiger partial charge in [-0.2, -0.15) is 0 Å². The fourth-order valence-corrected chi connectivity index (χ4v) is 9.58. The Hall–Kier alpha value is -4.11. The van der Waals surface area contributed by atoms with Crippen LogP contribution in [0.2, 0.25) is 0 Å². The fourth-order valence-electron chi connectivity index (χ4n) is 7.70. The fraction of sp³-hybridized carbons (Fsp3) is 0.674. The Morgan fingerprint density at radius 1 is 0.603 bits per heavy atom. The summed E-state index contributed by atoms with van der Waals surface area (Å²) in [4.78, 5) is 88.3. The van der Waals surface area contributed by atoms with Gasteiger partial charge in [0.2, 0.25) is 35.4 Å². The summed E-state index contributed by atoms with van der Waals surface area (Å²) in [6, 6.07) is 1.57. The topological polar surface area (TPSA) is 202 Å². The van der Waals surface area contributed by atoms with E-state index in [1.165, 1.54) is 0 Å². The zero-order valence-corrected chi connectivity index (χ0v) is 37.0. The highest BCUT2D eigenvalue weighted by atomic mass is 32.2. The third kappa shape index (κ3) is 11.8. The van der Waals surface area contributed by atoms with Crippen LogP contribution in [0.4, 0.5) is 0 Å². The molecule has 0 radical (unpaired) electrons. The van der Waals surface area contributed by atoms with Crippen LogP contribution >= 0.6 is 11.8 Å². The summed E-state index contributed by atoms with van der Waals surface area (Å²) in [7, 11) is 0. The molecule has 14 nitrogen and oxygen atoms in total. The molecule has 2 aromatic rings. The third-order valence-electron chi connectivity index (χ3n) is 11.1. The van der Waals surface area contributed by atoms with Crippen molar-refractivity contribution in [1.82, 2.24) is 42.2 Å². The average molecular weight is 825 g/mol. The van der Waals surface area contributed by atoms with Gasteiger partial charge >= 0.3 is 0 Å². The molecule has 1 aromatic heterocycles. The predicted octanol–water partition coefficient (Wildman–Crippen LogP) is 3.50. The number of hydrogen-bond donors (Lipinski definition) is 8. The number of nitrogens with one attached hydrogen (secondary N) is 8. The summed E-state index contributed by atoms with van der Waals surface area (Å²) in [5.74, 6) is -4.04. The van der Waals surface area contributed by atoms with Gasteiger partial charge in [0.25, 0.3) is 0 Å². The summed E-state index contributed by atoms with van der Waals surface area (Å²) < 4.78 is 0.